The van der Waals surface area contributed by atoms with Gasteiger partial charge in [-0.25, -0.2) is 0 Å². The SMILES string of the molecule is COc1ccc([C@@H]2Nc3ccccc3C3=NCCCN32)c(O)c1. The molecule has 2 heterocycles. The molecule has 2 N–H and O–H groups in total. The van der Waals surface area contributed by atoms with E-state index in [2.05, 4.69) is 22.3 Å². The number of aromatic hydroxyl groups is 1. The van der Waals surface area contributed by atoms with Crippen molar-refractivity contribution in [1.82, 2.24) is 4.90 Å². The van der Waals surface area contributed by atoms with E-state index in [0.29, 0.717) is 5.75 Å². The number of rotatable bonds is 2. The summed E-state index contributed by atoms with van der Waals surface area (Å²) in [4.78, 5) is 6.96. The lowest BCUT2D eigenvalue weighted by atomic mass is 10.0. The van der Waals surface area contributed by atoms with Crippen molar-refractivity contribution < 1.29 is 9.84 Å². The smallest absolute Gasteiger partial charge is 0.134 e. The summed E-state index contributed by atoms with van der Waals surface area (Å²) >= 11 is 0. The Balaban J connectivity index is 1.81. The van der Waals surface area contributed by atoms with Crippen LogP contribution in [0.5, 0.6) is 11.5 Å². The minimum Gasteiger partial charge on any atom is -0.507 e. The topological polar surface area (TPSA) is 57.1 Å². The van der Waals surface area contributed by atoms with Gasteiger partial charge in [-0.2, -0.15) is 0 Å². The molecule has 118 valence electrons. The molecule has 0 aromatic heterocycles. The lowest BCUT2D eigenvalue weighted by molar-refractivity contribution is 0.313. The molecule has 0 saturated heterocycles. The van der Waals surface area contributed by atoms with Gasteiger partial charge in [0.15, 0.2) is 0 Å². The van der Waals surface area contributed by atoms with Crippen LogP contribution in [-0.2, 0) is 0 Å². The van der Waals surface area contributed by atoms with Gasteiger partial charge in [0.1, 0.15) is 23.5 Å². The molecule has 2 aliphatic heterocycles. The molecule has 5 heteroatoms. The Labute approximate surface area is 135 Å². The number of nitrogens with one attached hydrogen (secondary N) is 1. The Morgan fingerprint density at radius 1 is 1.26 bits per heavy atom. The third-order valence-electron chi connectivity index (χ3n) is 4.39. The molecule has 4 rings (SSSR count). The van der Waals surface area contributed by atoms with Crippen LogP contribution in [0, 0.1) is 0 Å². The lowest BCUT2D eigenvalue weighted by Gasteiger charge is -2.42. The molecule has 0 aliphatic carbocycles. The van der Waals surface area contributed by atoms with Crippen molar-refractivity contribution in [3.05, 3.63) is 53.6 Å². The Kier molecular flexibility index (Phi) is 3.33. The standard InChI is InChI=1S/C18H19N3O2/c1-23-12-7-8-14(16(22)11-12)18-20-15-6-3-2-5-13(15)17-19-9-4-10-21(17)18/h2-3,5-8,11,18,20,22H,4,9-10H2,1H3/t18-/m1/s1. The number of amidine groups is 1. The van der Waals surface area contributed by atoms with Gasteiger partial charge >= 0.3 is 0 Å². The quantitative estimate of drug-likeness (QED) is 0.895. The van der Waals surface area contributed by atoms with Gasteiger partial charge in [-0.15, -0.1) is 0 Å². The Hall–Kier alpha value is -2.69. The molecule has 1 atom stereocenters. The van der Waals surface area contributed by atoms with Crippen LogP contribution in [0.2, 0.25) is 0 Å². The van der Waals surface area contributed by atoms with Crippen LogP contribution in [0.3, 0.4) is 0 Å². The highest BCUT2D eigenvalue weighted by Crippen LogP contribution is 2.38. The summed E-state index contributed by atoms with van der Waals surface area (Å²) < 4.78 is 5.18. The first kappa shape index (κ1) is 13.9. The van der Waals surface area contributed by atoms with Crippen molar-refractivity contribution in [2.45, 2.75) is 12.6 Å². The van der Waals surface area contributed by atoms with E-state index in [9.17, 15) is 5.11 Å². The monoisotopic (exact) mass is 309 g/mol. The number of phenolic OH excluding ortho intramolecular Hbond substituents is 1. The zero-order valence-electron chi connectivity index (χ0n) is 13.0. The number of nitrogens with zero attached hydrogens (tertiary/aromatic N) is 2. The van der Waals surface area contributed by atoms with Gasteiger partial charge in [0, 0.05) is 36.0 Å². The molecule has 0 spiro atoms. The second-order valence-corrected chi connectivity index (χ2v) is 5.77. The van der Waals surface area contributed by atoms with E-state index < -0.39 is 0 Å². The number of fused-ring (bicyclic) bond motifs is 3. The number of hydrogen-bond donors (Lipinski definition) is 2. The van der Waals surface area contributed by atoms with Crippen molar-refractivity contribution in [1.29, 1.82) is 0 Å². The summed E-state index contributed by atoms with van der Waals surface area (Å²) in [5, 5.41) is 14.0. The second-order valence-electron chi connectivity index (χ2n) is 5.77. The number of ether oxygens (including phenoxy) is 1. The number of anilines is 1. The molecule has 2 aromatic rings. The molecular formula is C18H19N3O2. The maximum absolute atomic E-state index is 10.4. The van der Waals surface area contributed by atoms with Crippen LogP contribution in [0.1, 0.15) is 23.7 Å². The summed E-state index contributed by atoms with van der Waals surface area (Å²) in [5.41, 5.74) is 3.00. The van der Waals surface area contributed by atoms with Crippen LogP contribution in [0.15, 0.2) is 47.5 Å². The van der Waals surface area contributed by atoms with Gasteiger partial charge in [-0.3, -0.25) is 4.99 Å². The number of para-hydroxylation sites is 1. The summed E-state index contributed by atoms with van der Waals surface area (Å²) in [6.45, 7) is 1.76. The van der Waals surface area contributed by atoms with E-state index in [-0.39, 0.29) is 11.9 Å². The fraction of sp³-hybridized carbons (Fsp3) is 0.278. The minimum atomic E-state index is -0.130. The molecule has 23 heavy (non-hydrogen) atoms. The van der Waals surface area contributed by atoms with E-state index in [1.54, 1.807) is 13.2 Å². The molecule has 0 saturated carbocycles. The molecule has 5 nitrogen and oxygen atoms in total. The largest absolute Gasteiger partial charge is 0.507 e. The zero-order chi connectivity index (χ0) is 15.8. The molecule has 0 amide bonds. The molecule has 2 aromatic carbocycles. The van der Waals surface area contributed by atoms with E-state index >= 15 is 0 Å². The average molecular weight is 309 g/mol. The second kappa shape index (κ2) is 5.50. The first-order valence-electron chi connectivity index (χ1n) is 7.82. The average Bonchev–Trinajstić information content (AvgIpc) is 2.61. The van der Waals surface area contributed by atoms with Crippen molar-refractivity contribution in [2.75, 3.05) is 25.5 Å². The third-order valence-corrected chi connectivity index (χ3v) is 4.39. The van der Waals surface area contributed by atoms with Crippen LogP contribution in [0.25, 0.3) is 0 Å². The van der Waals surface area contributed by atoms with Crippen molar-refractivity contribution >= 4 is 11.5 Å². The summed E-state index contributed by atoms with van der Waals surface area (Å²) in [6, 6.07) is 13.6. The van der Waals surface area contributed by atoms with Gasteiger partial charge in [0.2, 0.25) is 0 Å². The van der Waals surface area contributed by atoms with Crippen molar-refractivity contribution in [3.8, 4) is 11.5 Å². The van der Waals surface area contributed by atoms with E-state index in [4.69, 9.17) is 9.73 Å². The highest BCUT2D eigenvalue weighted by molar-refractivity contribution is 6.05. The molecule has 0 bridgehead atoms. The van der Waals surface area contributed by atoms with Crippen LogP contribution >= 0.6 is 0 Å². The van der Waals surface area contributed by atoms with Crippen LogP contribution in [0.4, 0.5) is 5.69 Å². The first-order chi connectivity index (χ1) is 11.3. The predicted molar refractivity (Wildman–Crippen MR) is 90.2 cm³/mol. The van der Waals surface area contributed by atoms with Gasteiger partial charge in [-0.1, -0.05) is 12.1 Å². The Morgan fingerprint density at radius 2 is 2.13 bits per heavy atom. The maximum Gasteiger partial charge on any atom is 0.134 e. The van der Waals surface area contributed by atoms with Crippen molar-refractivity contribution in [2.24, 2.45) is 4.99 Å². The normalized spacial score (nSPS) is 19.3. The van der Waals surface area contributed by atoms with Crippen LogP contribution < -0.4 is 10.1 Å². The Morgan fingerprint density at radius 3 is 2.96 bits per heavy atom. The molecule has 0 fully saturated rings. The fourth-order valence-corrected chi connectivity index (χ4v) is 3.27. The number of benzene rings is 2. The van der Waals surface area contributed by atoms with Gasteiger partial charge in [0.25, 0.3) is 0 Å². The fourth-order valence-electron chi connectivity index (χ4n) is 3.27. The number of methoxy groups -OCH3 is 1. The predicted octanol–water partition coefficient (Wildman–Crippen LogP) is 2.98. The summed E-state index contributed by atoms with van der Waals surface area (Å²) in [6.07, 6.45) is 0.885. The van der Waals surface area contributed by atoms with Gasteiger partial charge in [0.05, 0.1) is 7.11 Å². The number of aliphatic imine (C=N–C) groups is 1. The minimum absolute atomic E-state index is 0.130. The Bertz CT molecular complexity index is 773. The third kappa shape index (κ3) is 2.29. The van der Waals surface area contributed by atoms with Gasteiger partial charge in [-0.05, 0) is 30.7 Å². The molecular weight excluding hydrogens is 290 g/mol. The number of hydrogen-bond acceptors (Lipinski definition) is 5. The lowest BCUT2D eigenvalue weighted by Crippen LogP contribution is -2.46. The highest BCUT2D eigenvalue weighted by atomic mass is 16.5. The van der Waals surface area contributed by atoms with E-state index in [1.165, 1.54) is 0 Å². The molecule has 0 unspecified atom stereocenters. The zero-order valence-corrected chi connectivity index (χ0v) is 13.0. The van der Waals surface area contributed by atoms with Crippen LogP contribution in [-0.4, -0.2) is 36.0 Å². The highest BCUT2D eigenvalue weighted by Gasteiger charge is 2.33. The summed E-state index contributed by atoms with van der Waals surface area (Å²) in [5.74, 6) is 1.88. The molecule has 2 aliphatic rings. The van der Waals surface area contributed by atoms with E-state index in [0.717, 1.165) is 42.2 Å². The van der Waals surface area contributed by atoms with Gasteiger partial charge < -0.3 is 20.1 Å². The van der Waals surface area contributed by atoms with Crippen molar-refractivity contribution in [3.63, 3.8) is 0 Å². The number of phenols is 1. The summed E-state index contributed by atoms with van der Waals surface area (Å²) in [7, 11) is 1.60. The van der Waals surface area contributed by atoms with E-state index in [1.807, 2.05) is 24.3 Å². The maximum atomic E-state index is 10.4. The molecule has 0 radical (unpaired) electrons. The first-order valence-corrected chi connectivity index (χ1v) is 7.82.